The average Bonchev–Trinajstić information content (AvgIpc) is 3.26. The number of carbonyl (C=O) groups excluding carboxylic acids is 1. The van der Waals surface area contributed by atoms with Crippen LogP contribution in [0.1, 0.15) is 31.4 Å². The molecule has 132 valence electrons. The summed E-state index contributed by atoms with van der Waals surface area (Å²) < 4.78 is 3.07. The van der Waals surface area contributed by atoms with E-state index in [4.69, 9.17) is 0 Å². The van der Waals surface area contributed by atoms with Gasteiger partial charge in [-0.05, 0) is 25.0 Å². The molecule has 0 bridgehead atoms. The predicted molar refractivity (Wildman–Crippen MR) is 108 cm³/mol. The van der Waals surface area contributed by atoms with Crippen LogP contribution in [0.25, 0.3) is 16.2 Å². The van der Waals surface area contributed by atoms with Crippen LogP contribution in [0.15, 0.2) is 40.3 Å². The van der Waals surface area contributed by atoms with Crippen LogP contribution in [-0.4, -0.2) is 21.3 Å². The Kier molecular flexibility index (Phi) is 5.81. The molecule has 3 aromatic rings. The number of hydrogen-bond donors (Lipinski definition) is 1. The molecule has 0 unspecified atom stereocenters. The lowest BCUT2D eigenvalue weighted by atomic mass is 10.2. The Morgan fingerprint density at radius 1 is 1.36 bits per heavy atom. The largest absolute Gasteiger partial charge is 0.353 e. The topological polar surface area (TPSA) is 46.4 Å². The molecule has 0 saturated heterocycles. The number of benzene rings is 1. The molecule has 1 amide bonds. The zero-order valence-corrected chi connectivity index (χ0v) is 16.8. The first-order valence-electron chi connectivity index (χ1n) is 8.20. The van der Waals surface area contributed by atoms with Gasteiger partial charge in [0.25, 0.3) is 0 Å². The molecule has 4 rings (SSSR count). The number of rotatable bonds is 4. The third-order valence-corrected chi connectivity index (χ3v) is 5.85. The van der Waals surface area contributed by atoms with Crippen molar-refractivity contribution >= 4 is 50.5 Å². The fraction of sp³-hybridized carbons (Fsp3) is 0.333. The Bertz CT molecular complexity index is 885. The molecule has 1 fully saturated rings. The van der Waals surface area contributed by atoms with Crippen LogP contribution in [0.5, 0.6) is 0 Å². The first-order chi connectivity index (χ1) is 11.7. The lowest BCUT2D eigenvalue weighted by Crippen LogP contribution is -2.33. The van der Waals surface area contributed by atoms with Gasteiger partial charge in [-0.1, -0.05) is 40.9 Å². The molecule has 4 nitrogen and oxygen atoms in total. The van der Waals surface area contributed by atoms with Gasteiger partial charge in [0.15, 0.2) is 4.96 Å². The van der Waals surface area contributed by atoms with E-state index in [2.05, 4.69) is 32.3 Å². The molecule has 25 heavy (non-hydrogen) atoms. The summed E-state index contributed by atoms with van der Waals surface area (Å²) in [6.07, 6.45) is 7.11. The number of carbonyl (C=O) groups is 1. The van der Waals surface area contributed by atoms with Gasteiger partial charge in [-0.25, -0.2) is 4.98 Å². The summed E-state index contributed by atoms with van der Waals surface area (Å²) >= 11 is 5.08. The SMILES string of the molecule is Cl.O=C(Cc1csc2nc(-c3cccc(Br)c3)cn12)NC1CCCC1. The summed E-state index contributed by atoms with van der Waals surface area (Å²) in [6.45, 7) is 0. The van der Waals surface area contributed by atoms with Gasteiger partial charge in [-0.3, -0.25) is 9.20 Å². The molecule has 1 saturated carbocycles. The Morgan fingerprint density at radius 3 is 2.92 bits per heavy atom. The number of amides is 1. The molecule has 1 aliphatic rings. The number of hydrogen-bond acceptors (Lipinski definition) is 3. The molecule has 1 aromatic carbocycles. The summed E-state index contributed by atoms with van der Waals surface area (Å²) in [7, 11) is 0. The number of imidazole rings is 1. The molecule has 0 aliphatic heterocycles. The fourth-order valence-electron chi connectivity index (χ4n) is 3.26. The van der Waals surface area contributed by atoms with Gasteiger partial charge in [-0.2, -0.15) is 0 Å². The summed E-state index contributed by atoms with van der Waals surface area (Å²) in [5, 5.41) is 5.18. The van der Waals surface area contributed by atoms with Crippen LogP contribution in [0.4, 0.5) is 0 Å². The Labute approximate surface area is 165 Å². The number of thiazole rings is 1. The highest BCUT2D eigenvalue weighted by atomic mass is 79.9. The molecular weight excluding hydrogens is 422 g/mol. The molecular formula is C18H19BrClN3OS. The highest BCUT2D eigenvalue weighted by molar-refractivity contribution is 9.10. The zero-order chi connectivity index (χ0) is 16.5. The molecule has 2 heterocycles. The van der Waals surface area contributed by atoms with Crippen molar-refractivity contribution in [1.82, 2.24) is 14.7 Å². The van der Waals surface area contributed by atoms with E-state index in [1.807, 2.05) is 34.2 Å². The summed E-state index contributed by atoms with van der Waals surface area (Å²) in [6, 6.07) is 8.47. The molecule has 1 N–H and O–H groups in total. The van der Waals surface area contributed by atoms with E-state index in [1.165, 1.54) is 12.8 Å². The maximum Gasteiger partial charge on any atom is 0.226 e. The van der Waals surface area contributed by atoms with Gasteiger partial charge in [0, 0.05) is 33.3 Å². The zero-order valence-electron chi connectivity index (χ0n) is 13.6. The van der Waals surface area contributed by atoms with Gasteiger partial charge in [0.2, 0.25) is 5.91 Å². The van der Waals surface area contributed by atoms with E-state index in [1.54, 1.807) is 11.3 Å². The monoisotopic (exact) mass is 439 g/mol. The van der Waals surface area contributed by atoms with Crippen LogP contribution in [0.3, 0.4) is 0 Å². The van der Waals surface area contributed by atoms with Crippen LogP contribution < -0.4 is 5.32 Å². The van der Waals surface area contributed by atoms with Gasteiger partial charge in [0.05, 0.1) is 12.1 Å². The van der Waals surface area contributed by atoms with Crippen LogP contribution in [0.2, 0.25) is 0 Å². The van der Waals surface area contributed by atoms with Gasteiger partial charge in [-0.15, -0.1) is 23.7 Å². The lowest BCUT2D eigenvalue weighted by molar-refractivity contribution is -0.121. The van der Waals surface area contributed by atoms with E-state index in [0.29, 0.717) is 12.5 Å². The molecule has 7 heteroatoms. The number of nitrogens with zero attached hydrogens (tertiary/aromatic N) is 2. The minimum Gasteiger partial charge on any atom is -0.353 e. The molecule has 1 aliphatic carbocycles. The Hall–Kier alpha value is -1.37. The first-order valence-corrected chi connectivity index (χ1v) is 9.87. The summed E-state index contributed by atoms with van der Waals surface area (Å²) in [5.41, 5.74) is 3.00. The third-order valence-electron chi connectivity index (χ3n) is 4.47. The van der Waals surface area contributed by atoms with Crippen molar-refractivity contribution in [3.05, 3.63) is 46.0 Å². The smallest absolute Gasteiger partial charge is 0.226 e. The van der Waals surface area contributed by atoms with Crippen LogP contribution in [-0.2, 0) is 11.2 Å². The number of nitrogens with one attached hydrogen (secondary N) is 1. The predicted octanol–water partition coefficient (Wildman–Crippen LogP) is 4.85. The minimum absolute atomic E-state index is 0. The average molecular weight is 441 g/mol. The summed E-state index contributed by atoms with van der Waals surface area (Å²) in [5.74, 6) is 0.110. The van der Waals surface area contributed by atoms with Crippen molar-refractivity contribution in [3.63, 3.8) is 0 Å². The van der Waals surface area contributed by atoms with E-state index in [0.717, 1.165) is 39.2 Å². The number of halogens is 2. The second-order valence-corrected chi connectivity index (χ2v) is 7.99. The van der Waals surface area contributed by atoms with Crippen molar-refractivity contribution in [2.45, 2.75) is 38.1 Å². The second kappa shape index (κ2) is 7.89. The Morgan fingerprint density at radius 2 is 2.16 bits per heavy atom. The van der Waals surface area contributed by atoms with Crippen molar-refractivity contribution in [1.29, 1.82) is 0 Å². The van der Waals surface area contributed by atoms with Crippen molar-refractivity contribution in [3.8, 4) is 11.3 Å². The normalized spacial score (nSPS) is 14.6. The Balaban J connectivity index is 0.00000182. The van der Waals surface area contributed by atoms with Crippen molar-refractivity contribution < 1.29 is 4.79 Å². The molecule has 0 radical (unpaired) electrons. The van der Waals surface area contributed by atoms with Gasteiger partial charge >= 0.3 is 0 Å². The maximum absolute atomic E-state index is 12.3. The molecule has 0 atom stereocenters. The van der Waals surface area contributed by atoms with Crippen molar-refractivity contribution in [2.75, 3.05) is 0 Å². The number of fused-ring (bicyclic) bond motifs is 1. The first kappa shape index (κ1) is 18.4. The maximum atomic E-state index is 12.3. The van der Waals surface area contributed by atoms with Crippen LogP contribution >= 0.6 is 39.7 Å². The van der Waals surface area contributed by atoms with Crippen LogP contribution in [0, 0.1) is 0 Å². The van der Waals surface area contributed by atoms with E-state index in [9.17, 15) is 4.79 Å². The van der Waals surface area contributed by atoms with Crippen molar-refractivity contribution in [2.24, 2.45) is 0 Å². The number of aromatic nitrogens is 2. The molecule has 0 spiro atoms. The van der Waals surface area contributed by atoms with E-state index >= 15 is 0 Å². The van der Waals surface area contributed by atoms with E-state index in [-0.39, 0.29) is 18.3 Å². The quantitative estimate of drug-likeness (QED) is 0.630. The minimum atomic E-state index is 0. The fourth-order valence-corrected chi connectivity index (χ4v) is 4.53. The molecule has 2 aromatic heterocycles. The third kappa shape index (κ3) is 4.07. The van der Waals surface area contributed by atoms with Gasteiger partial charge in [0.1, 0.15) is 0 Å². The van der Waals surface area contributed by atoms with Gasteiger partial charge < -0.3 is 5.32 Å². The standard InChI is InChI=1S/C18H18BrN3OS.ClH/c19-13-5-3-4-12(8-13)16-10-22-15(11-24-18(22)21-16)9-17(23)20-14-6-1-2-7-14;/h3-5,8,10-11,14H,1-2,6-7,9H2,(H,20,23);1H. The lowest BCUT2D eigenvalue weighted by Gasteiger charge is -2.11. The highest BCUT2D eigenvalue weighted by Crippen LogP contribution is 2.26. The van der Waals surface area contributed by atoms with E-state index < -0.39 is 0 Å². The highest BCUT2D eigenvalue weighted by Gasteiger charge is 2.18. The second-order valence-electron chi connectivity index (χ2n) is 6.24. The summed E-state index contributed by atoms with van der Waals surface area (Å²) in [4.78, 5) is 17.9.